The topological polar surface area (TPSA) is 75.8 Å². The van der Waals surface area contributed by atoms with E-state index in [4.69, 9.17) is 0 Å². The predicted molar refractivity (Wildman–Crippen MR) is 107 cm³/mol. The third-order valence-corrected chi connectivity index (χ3v) is 5.48. The number of nitriles is 1. The Balaban J connectivity index is 1.99. The quantitative estimate of drug-likeness (QED) is 0.508. The first-order chi connectivity index (χ1) is 13.0. The standard InChI is InChI=1S/C21H15N3O2S/c1-27(25,26)24-14-20(19-7-2-3-8-21(19)24)17(12-22)11-15-5-4-6-16-13-23-10-9-18(15)16/h2-11,13-14H,1H3/b17-11+. The molecule has 2 heterocycles. The van der Waals surface area contributed by atoms with Crippen molar-refractivity contribution < 1.29 is 8.42 Å². The first kappa shape index (κ1) is 17.0. The minimum atomic E-state index is -3.49. The van der Waals surface area contributed by atoms with E-state index >= 15 is 0 Å². The van der Waals surface area contributed by atoms with Gasteiger partial charge in [0.15, 0.2) is 0 Å². The van der Waals surface area contributed by atoms with Gasteiger partial charge < -0.3 is 0 Å². The van der Waals surface area contributed by atoms with E-state index in [-0.39, 0.29) is 0 Å². The summed E-state index contributed by atoms with van der Waals surface area (Å²) in [6.07, 6.45) is 7.94. The second kappa shape index (κ2) is 6.38. The highest BCUT2D eigenvalue weighted by atomic mass is 32.2. The molecule has 0 amide bonds. The Bertz CT molecular complexity index is 1350. The number of hydrogen-bond acceptors (Lipinski definition) is 4. The summed E-state index contributed by atoms with van der Waals surface area (Å²) >= 11 is 0. The molecule has 0 spiro atoms. The van der Waals surface area contributed by atoms with Gasteiger partial charge in [-0.15, -0.1) is 0 Å². The van der Waals surface area contributed by atoms with E-state index in [1.807, 2.05) is 36.4 Å². The largest absolute Gasteiger partial charge is 0.264 e. The average molecular weight is 373 g/mol. The van der Waals surface area contributed by atoms with Crippen LogP contribution in [0.4, 0.5) is 0 Å². The number of aromatic nitrogens is 2. The van der Waals surface area contributed by atoms with Crippen molar-refractivity contribution in [3.05, 3.63) is 78.2 Å². The molecule has 2 aromatic carbocycles. The Kier molecular flexibility index (Phi) is 4.02. The van der Waals surface area contributed by atoms with Gasteiger partial charge in [0.25, 0.3) is 0 Å². The normalized spacial score (nSPS) is 12.4. The molecule has 0 aliphatic rings. The minimum absolute atomic E-state index is 0.401. The SMILES string of the molecule is CS(=O)(=O)n1cc(/C(C#N)=C/c2cccc3cnccc23)c2ccccc21. The van der Waals surface area contributed by atoms with Gasteiger partial charge in [0.05, 0.1) is 23.4 Å². The fourth-order valence-corrected chi connectivity index (χ4v) is 4.05. The van der Waals surface area contributed by atoms with Crippen molar-refractivity contribution in [2.45, 2.75) is 0 Å². The van der Waals surface area contributed by atoms with E-state index < -0.39 is 10.0 Å². The maximum Gasteiger partial charge on any atom is 0.236 e. The lowest BCUT2D eigenvalue weighted by Crippen LogP contribution is -2.08. The monoisotopic (exact) mass is 373 g/mol. The first-order valence-corrected chi connectivity index (χ1v) is 10.1. The number of nitrogens with zero attached hydrogens (tertiary/aromatic N) is 3. The number of hydrogen-bond donors (Lipinski definition) is 0. The molecule has 0 saturated carbocycles. The second-order valence-corrected chi connectivity index (χ2v) is 8.09. The molecule has 4 rings (SSSR count). The number of pyridine rings is 1. The van der Waals surface area contributed by atoms with Gasteiger partial charge in [0, 0.05) is 34.9 Å². The zero-order valence-electron chi connectivity index (χ0n) is 14.5. The first-order valence-electron chi connectivity index (χ1n) is 8.24. The highest BCUT2D eigenvalue weighted by Gasteiger charge is 2.17. The van der Waals surface area contributed by atoms with Gasteiger partial charge in [-0.25, -0.2) is 12.4 Å². The van der Waals surface area contributed by atoms with Gasteiger partial charge in [-0.1, -0.05) is 36.4 Å². The Labute approximate surface area is 156 Å². The van der Waals surface area contributed by atoms with Crippen LogP contribution in [0.1, 0.15) is 11.1 Å². The molecule has 0 aliphatic heterocycles. The zero-order chi connectivity index (χ0) is 19.0. The molecule has 132 valence electrons. The van der Waals surface area contributed by atoms with E-state index in [1.54, 1.807) is 30.6 Å². The number of allylic oxidation sites excluding steroid dienone is 1. The van der Waals surface area contributed by atoms with Crippen molar-refractivity contribution in [2.24, 2.45) is 0 Å². The summed E-state index contributed by atoms with van der Waals surface area (Å²) in [5.41, 5.74) is 2.42. The van der Waals surface area contributed by atoms with Crippen LogP contribution in [0.3, 0.4) is 0 Å². The zero-order valence-corrected chi connectivity index (χ0v) is 15.3. The van der Waals surface area contributed by atoms with E-state index in [1.165, 1.54) is 10.2 Å². The van der Waals surface area contributed by atoms with Crippen molar-refractivity contribution in [1.82, 2.24) is 8.96 Å². The molecule has 2 aromatic heterocycles. The smallest absolute Gasteiger partial charge is 0.236 e. The lowest BCUT2D eigenvalue weighted by molar-refractivity contribution is 0.595. The van der Waals surface area contributed by atoms with E-state index in [2.05, 4.69) is 11.1 Å². The van der Waals surface area contributed by atoms with Crippen LogP contribution in [-0.2, 0) is 10.0 Å². The maximum absolute atomic E-state index is 12.2. The maximum atomic E-state index is 12.2. The summed E-state index contributed by atoms with van der Waals surface area (Å²) in [7, 11) is -3.49. The molecule has 0 saturated heterocycles. The molecular formula is C21H15N3O2S. The Morgan fingerprint density at radius 1 is 1.11 bits per heavy atom. The van der Waals surface area contributed by atoms with Gasteiger partial charge in [-0.05, 0) is 29.2 Å². The number of benzene rings is 2. The van der Waals surface area contributed by atoms with Gasteiger partial charge in [-0.2, -0.15) is 5.26 Å². The summed E-state index contributed by atoms with van der Waals surface area (Å²) in [6.45, 7) is 0. The average Bonchev–Trinajstić information content (AvgIpc) is 3.06. The third-order valence-electron chi connectivity index (χ3n) is 4.46. The highest BCUT2D eigenvalue weighted by molar-refractivity contribution is 7.89. The molecule has 4 aromatic rings. The van der Waals surface area contributed by atoms with E-state index in [0.29, 0.717) is 16.7 Å². The summed E-state index contributed by atoms with van der Waals surface area (Å²) in [5.74, 6) is 0. The molecule has 0 aliphatic carbocycles. The Morgan fingerprint density at radius 2 is 1.93 bits per heavy atom. The van der Waals surface area contributed by atoms with Gasteiger partial charge in [0.1, 0.15) is 0 Å². The second-order valence-electron chi connectivity index (χ2n) is 6.23. The van der Waals surface area contributed by atoms with Crippen molar-refractivity contribution >= 4 is 43.3 Å². The minimum Gasteiger partial charge on any atom is -0.264 e. The fraction of sp³-hybridized carbons (Fsp3) is 0.0476. The molecule has 6 heteroatoms. The third kappa shape index (κ3) is 2.98. The van der Waals surface area contributed by atoms with Crippen LogP contribution in [0.25, 0.3) is 33.3 Å². The van der Waals surface area contributed by atoms with Crippen LogP contribution in [0.5, 0.6) is 0 Å². The van der Waals surface area contributed by atoms with Gasteiger partial charge in [0.2, 0.25) is 10.0 Å². The van der Waals surface area contributed by atoms with Gasteiger partial charge >= 0.3 is 0 Å². The number of para-hydroxylation sites is 1. The summed E-state index contributed by atoms with van der Waals surface area (Å²) in [4.78, 5) is 4.13. The van der Waals surface area contributed by atoms with Crippen molar-refractivity contribution in [3.8, 4) is 6.07 Å². The van der Waals surface area contributed by atoms with E-state index in [9.17, 15) is 13.7 Å². The molecule has 0 fully saturated rings. The van der Waals surface area contributed by atoms with Crippen molar-refractivity contribution in [3.63, 3.8) is 0 Å². The van der Waals surface area contributed by atoms with Crippen LogP contribution < -0.4 is 0 Å². The summed E-state index contributed by atoms with van der Waals surface area (Å²) in [5, 5.41) is 12.5. The predicted octanol–water partition coefficient (Wildman–Crippen LogP) is 4.06. The lowest BCUT2D eigenvalue weighted by Gasteiger charge is -2.03. The summed E-state index contributed by atoms with van der Waals surface area (Å²) in [6, 6.07) is 17.1. The van der Waals surface area contributed by atoms with Crippen molar-refractivity contribution in [2.75, 3.05) is 6.26 Å². The van der Waals surface area contributed by atoms with Crippen LogP contribution in [-0.4, -0.2) is 23.6 Å². The molecular weight excluding hydrogens is 358 g/mol. The number of fused-ring (bicyclic) bond motifs is 2. The molecule has 0 bridgehead atoms. The highest BCUT2D eigenvalue weighted by Crippen LogP contribution is 2.30. The molecule has 0 atom stereocenters. The van der Waals surface area contributed by atoms with E-state index in [0.717, 1.165) is 28.0 Å². The van der Waals surface area contributed by atoms with Gasteiger partial charge in [-0.3, -0.25) is 4.98 Å². The van der Waals surface area contributed by atoms with Crippen LogP contribution in [0.2, 0.25) is 0 Å². The van der Waals surface area contributed by atoms with Crippen LogP contribution >= 0.6 is 0 Å². The van der Waals surface area contributed by atoms with Crippen LogP contribution in [0, 0.1) is 11.3 Å². The fourth-order valence-electron chi connectivity index (χ4n) is 3.24. The molecule has 0 unspecified atom stereocenters. The molecule has 27 heavy (non-hydrogen) atoms. The molecule has 0 N–H and O–H groups in total. The Morgan fingerprint density at radius 3 is 2.70 bits per heavy atom. The number of rotatable bonds is 3. The van der Waals surface area contributed by atoms with Crippen LogP contribution in [0.15, 0.2) is 67.1 Å². The molecule has 5 nitrogen and oxygen atoms in total. The van der Waals surface area contributed by atoms with Crippen molar-refractivity contribution in [1.29, 1.82) is 5.26 Å². The lowest BCUT2D eigenvalue weighted by atomic mass is 10.00. The molecule has 0 radical (unpaired) electrons. The Hall–Kier alpha value is -3.43. The summed E-state index contributed by atoms with van der Waals surface area (Å²) < 4.78 is 25.5.